The molecule has 4 N–H and O–H groups in total. The van der Waals surface area contributed by atoms with Gasteiger partial charge in [0.05, 0.1) is 6.04 Å². The van der Waals surface area contributed by atoms with E-state index in [1.54, 1.807) is 12.1 Å². The maximum Gasteiger partial charge on any atom is 0.407 e. The molecular weight excluding hydrogens is 398 g/mol. The number of hydrogen-bond donors (Lipinski definition) is 4. The van der Waals surface area contributed by atoms with Crippen molar-refractivity contribution < 1.29 is 29.6 Å². The van der Waals surface area contributed by atoms with Gasteiger partial charge in [0.25, 0.3) is 0 Å². The van der Waals surface area contributed by atoms with Crippen molar-refractivity contribution in [3.05, 3.63) is 89.5 Å². The summed E-state index contributed by atoms with van der Waals surface area (Å²) in [6.45, 7) is 0.0382. The number of alkyl carbamates (subject to hydrolysis) is 1. The summed E-state index contributed by atoms with van der Waals surface area (Å²) in [6.07, 6.45) is -2.86. The van der Waals surface area contributed by atoms with Crippen LogP contribution in [0.5, 0.6) is 5.75 Å². The highest BCUT2D eigenvalue weighted by molar-refractivity contribution is 5.79. The van der Waals surface area contributed by atoms with Crippen LogP contribution in [0, 0.1) is 0 Å². The van der Waals surface area contributed by atoms with Gasteiger partial charge in [-0.2, -0.15) is 0 Å². The number of nitrogens with one attached hydrogen (secondary N) is 1. The predicted octanol–water partition coefficient (Wildman–Crippen LogP) is 3.42. The fraction of sp³-hybridized carbons (Fsp3) is 0.167. The number of rotatable bonds is 6. The summed E-state index contributed by atoms with van der Waals surface area (Å²) in [4.78, 5) is 23.9. The molecule has 1 aliphatic carbocycles. The molecule has 0 radical (unpaired) electrons. The van der Waals surface area contributed by atoms with Crippen LogP contribution in [-0.4, -0.2) is 40.1 Å². The average molecular weight is 419 g/mol. The number of phenolic OH excluding ortho intramolecular Hbond substituents is 1. The van der Waals surface area contributed by atoms with Gasteiger partial charge in [0.15, 0.2) is 6.10 Å². The summed E-state index contributed by atoms with van der Waals surface area (Å²) in [5, 5.41) is 31.7. The molecule has 0 aliphatic heterocycles. The third-order valence-electron chi connectivity index (χ3n) is 5.46. The summed E-state index contributed by atoms with van der Waals surface area (Å²) in [5.74, 6) is -1.94. The van der Waals surface area contributed by atoms with Gasteiger partial charge in [-0.3, -0.25) is 0 Å². The van der Waals surface area contributed by atoms with Crippen molar-refractivity contribution >= 4 is 12.1 Å². The summed E-state index contributed by atoms with van der Waals surface area (Å²) in [6, 6.07) is 20.3. The Morgan fingerprint density at radius 1 is 0.903 bits per heavy atom. The molecule has 4 rings (SSSR count). The lowest BCUT2D eigenvalue weighted by molar-refractivity contribution is -0.148. The Balaban J connectivity index is 1.52. The molecule has 0 saturated heterocycles. The van der Waals surface area contributed by atoms with Crippen LogP contribution in [0.3, 0.4) is 0 Å². The largest absolute Gasteiger partial charge is 0.508 e. The first-order chi connectivity index (χ1) is 15.0. The Morgan fingerprint density at radius 3 is 2.03 bits per heavy atom. The molecule has 7 nitrogen and oxygen atoms in total. The minimum absolute atomic E-state index is 0.0382. The van der Waals surface area contributed by atoms with Crippen LogP contribution >= 0.6 is 0 Å². The van der Waals surface area contributed by atoms with Gasteiger partial charge in [0.2, 0.25) is 0 Å². The number of phenols is 1. The molecule has 0 heterocycles. The van der Waals surface area contributed by atoms with Gasteiger partial charge in [-0.05, 0) is 28.3 Å². The van der Waals surface area contributed by atoms with Crippen molar-refractivity contribution in [2.45, 2.75) is 18.1 Å². The summed E-state index contributed by atoms with van der Waals surface area (Å²) < 4.78 is 5.43. The number of carboxylic acids is 1. The number of carbonyl (C=O) groups excluding carboxylic acids is 1. The highest BCUT2D eigenvalue weighted by Crippen LogP contribution is 2.44. The number of fused-ring (bicyclic) bond motifs is 3. The normalized spacial score (nSPS) is 14.2. The zero-order valence-electron chi connectivity index (χ0n) is 16.4. The second kappa shape index (κ2) is 8.49. The molecule has 0 aromatic heterocycles. The summed E-state index contributed by atoms with van der Waals surface area (Å²) in [5.41, 5.74) is 4.32. The molecular formula is C24H21NO6. The highest BCUT2D eigenvalue weighted by Gasteiger charge is 2.33. The minimum atomic E-state index is -1.96. The second-order valence-electron chi connectivity index (χ2n) is 7.29. The fourth-order valence-electron chi connectivity index (χ4n) is 3.99. The number of aliphatic hydroxyl groups excluding tert-OH is 1. The van der Waals surface area contributed by atoms with Crippen LogP contribution in [0.25, 0.3) is 11.1 Å². The molecule has 31 heavy (non-hydrogen) atoms. The van der Waals surface area contributed by atoms with Crippen LogP contribution in [0.1, 0.15) is 28.7 Å². The van der Waals surface area contributed by atoms with Crippen molar-refractivity contribution in [1.82, 2.24) is 5.32 Å². The summed E-state index contributed by atoms with van der Waals surface area (Å²) in [7, 11) is 0. The molecule has 0 unspecified atom stereocenters. The number of para-hydroxylation sites is 1. The Morgan fingerprint density at radius 2 is 1.45 bits per heavy atom. The molecule has 0 saturated carbocycles. The molecule has 3 aromatic rings. The highest BCUT2D eigenvalue weighted by atomic mass is 16.5. The van der Waals surface area contributed by atoms with E-state index in [1.165, 1.54) is 12.1 Å². The van der Waals surface area contributed by atoms with E-state index < -0.39 is 24.2 Å². The number of carboxylic acid groups (broad SMARTS) is 1. The first-order valence-corrected chi connectivity index (χ1v) is 9.77. The van der Waals surface area contributed by atoms with Crippen molar-refractivity contribution in [3.8, 4) is 16.9 Å². The number of amides is 1. The Labute approximate surface area is 178 Å². The average Bonchev–Trinajstić information content (AvgIpc) is 3.10. The number of carbonyl (C=O) groups is 2. The number of ether oxygens (including phenoxy) is 1. The Bertz CT molecular complexity index is 1080. The number of aliphatic hydroxyl groups is 1. The number of benzene rings is 3. The lowest BCUT2D eigenvalue weighted by atomic mass is 9.98. The van der Waals surface area contributed by atoms with Gasteiger partial charge in [-0.15, -0.1) is 0 Å². The number of aromatic hydroxyl groups is 1. The monoisotopic (exact) mass is 419 g/mol. The van der Waals surface area contributed by atoms with Crippen LogP contribution in [0.15, 0.2) is 72.8 Å². The molecule has 0 fully saturated rings. The van der Waals surface area contributed by atoms with E-state index >= 15 is 0 Å². The zero-order chi connectivity index (χ0) is 22.0. The van der Waals surface area contributed by atoms with Crippen molar-refractivity contribution in [3.63, 3.8) is 0 Å². The van der Waals surface area contributed by atoms with E-state index in [0.717, 1.165) is 22.3 Å². The molecule has 0 bridgehead atoms. The van der Waals surface area contributed by atoms with E-state index in [2.05, 4.69) is 5.32 Å². The van der Waals surface area contributed by atoms with E-state index in [0.29, 0.717) is 0 Å². The zero-order valence-corrected chi connectivity index (χ0v) is 16.4. The van der Waals surface area contributed by atoms with E-state index in [4.69, 9.17) is 4.74 Å². The van der Waals surface area contributed by atoms with Crippen molar-refractivity contribution in [2.24, 2.45) is 0 Å². The Kier molecular flexibility index (Phi) is 5.60. The smallest absolute Gasteiger partial charge is 0.407 e. The third-order valence-corrected chi connectivity index (χ3v) is 5.46. The standard InChI is InChI=1S/C24H21NO6/c26-20-12-6-5-11-18(20)21(22(27)23(28)29)25-24(30)31-13-19-16-9-3-1-7-14(16)15-8-2-4-10-17(15)19/h1-12,19,21-22,26-27H,13H2,(H,25,30)(H,28,29)/t21-,22-/m0/s1. The maximum atomic E-state index is 12.5. The quantitative estimate of drug-likeness (QED) is 0.487. The molecule has 158 valence electrons. The van der Waals surface area contributed by atoms with Crippen LogP contribution in [-0.2, 0) is 9.53 Å². The number of aliphatic carboxylic acids is 1. The molecule has 1 aliphatic rings. The van der Waals surface area contributed by atoms with E-state index in [9.17, 15) is 24.9 Å². The molecule has 2 atom stereocenters. The van der Waals surface area contributed by atoms with Gasteiger partial charge in [0, 0.05) is 11.5 Å². The topological polar surface area (TPSA) is 116 Å². The molecule has 7 heteroatoms. The van der Waals surface area contributed by atoms with Gasteiger partial charge in [-0.25, -0.2) is 9.59 Å². The molecule has 0 spiro atoms. The van der Waals surface area contributed by atoms with Crippen LogP contribution < -0.4 is 5.32 Å². The predicted molar refractivity (Wildman–Crippen MR) is 113 cm³/mol. The van der Waals surface area contributed by atoms with E-state index in [-0.39, 0.29) is 23.8 Å². The minimum Gasteiger partial charge on any atom is -0.508 e. The first-order valence-electron chi connectivity index (χ1n) is 9.77. The first kappa shape index (κ1) is 20.4. The maximum absolute atomic E-state index is 12.5. The van der Waals surface area contributed by atoms with E-state index in [1.807, 2.05) is 48.5 Å². The lowest BCUT2D eigenvalue weighted by Crippen LogP contribution is -2.40. The lowest BCUT2D eigenvalue weighted by Gasteiger charge is -2.23. The summed E-state index contributed by atoms with van der Waals surface area (Å²) >= 11 is 0. The van der Waals surface area contributed by atoms with Gasteiger partial charge < -0.3 is 25.4 Å². The van der Waals surface area contributed by atoms with Gasteiger partial charge in [-0.1, -0.05) is 66.7 Å². The number of hydrogen-bond acceptors (Lipinski definition) is 5. The van der Waals surface area contributed by atoms with Crippen LogP contribution in [0.2, 0.25) is 0 Å². The van der Waals surface area contributed by atoms with Crippen LogP contribution in [0.4, 0.5) is 4.79 Å². The van der Waals surface area contributed by atoms with Crippen molar-refractivity contribution in [2.75, 3.05) is 6.61 Å². The molecule has 3 aromatic carbocycles. The second-order valence-corrected chi connectivity index (χ2v) is 7.29. The fourth-order valence-corrected chi connectivity index (χ4v) is 3.99. The SMILES string of the molecule is O=C(N[C@@H](c1ccccc1O)[C@H](O)C(=O)O)OCC1c2ccccc2-c2ccccc21. The van der Waals surface area contributed by atoms with Gasteiger partial charge >= 0.3 is 12.1 Å². The van der Waals surface area contributed by atoms with Gasteiger partial charge in [0.1, 0.15) is 12.4 Å². The third kappa shape index (κ3) is 3.95. The van der Waals surface area contributed by atoms with Crippen molar-refractivity contribution in [1.29, 1.82) is 0 Å². The Hall–Kier alpha value is -3.84. The molecule has 1 amide bonds.